The molecular formula is C15H16N2O3. The summed E-state index contributed by atoms with van der Waals surface area (Å²) in [6.07, 6.45) is 0.780. The van der Waals surface area contributed by atoms with Gasteiger partial charge < -0.3 is 10.5 Å². The van der Waals surface area contributed by atoms with Crippen molar-refractivity contribution in [1.82, 2.24) is 0 Å². The number of nitrogens with zero attached hydrogens (tertiary/aromatic N) is 1. The van der Waals surface area contributed by atoms with Gasteiger partial charge in [0.2, 0.25) is 0 Å². The second-order valence-corrected chi connectivity index (χ2v) is 4.34. The van der Waals surface area contributed by atoms with Crippen LogP contribution in [-0.4, -0.2) is 11.5 Å². The van der Waals surface area contributed by atoms with Crippen LogP contribution in [0.15, 0.2) is 48.5 Å². The smallest absolute Gasteiger partial charge is 0.270 e. The molecule has 0 unspecified atom stereocenters. The monoisotopic (exact) mass is 272 g/mol. The third kappa shape index (κ3) is 3.55. The first kappa shape index (κ1) is 14.0. The summed E-state index contributed by atoms with van der Waals surface area (Å²) in [7, 11) is 0. The maximum absolute atomic E-state index is 10.7. The molecule has 0 amide bonds. The van der Waals surface area contributed by atoms with E-state index in [0.717, 1.165) is 6.42 Å². The minimum atomic E-state index is -0.438. The van der Waals surface area contributed by atoms with Crippen LogP contribution in [0.3, 0.4) is 0 Å². The van der Waals surface area contributed by atoms with Crippen LogP contribution >= 0.6 is 0 Å². The first-order chi connectivity index (χ1) is 9.70. The van der Waals surface area contributed by atoms with Crippen LogP contribution in [0.2, 0.25) is 0 Å². The molecule has 2 aromatic rings. The van der Waals surface area contributed by atoms with Gasteiger partial charge in [0.15, 0.2) is 0 Å². The third-order valence-electron chi connectivity index (χ3n) is 2.97. The van der Waals surface area contributed by atoms with Crippen molar-refractivity contribution in [2.24, 2.45) is 5.73 Å². The quantitative estimate of drug-likeness (QED) is 0.647. The molecule has 2 N–H and O–H groups in total. The zero-order valence-corrected chi connectivity index (χ0v) is 11.0. The van der Waals surface area contributed by atoms with Gasteiger partial charge in [0.1, 0.15) is 5.75 Å². The van der Waals surface area contributed by atoms with Gasteiger partial charge in [0, 0.05) is 30.7 Å². The highest BCUT2D eigenvalue weighted by Gasteiger charge is 2.10. The van der Waals surface area contributed by atoms with Crippen LogP contribution in [0.1, 0.15) is 11.1 Å². The van der Waals surface area contributed by atoms with Crippen molar-refractivity contribution >= 4 is 5.69 Å². The van der Waals surface area contributed by atoms with Gasteiger partial charge in [0.25, 0.3) is 5.69 Å². The van der Waals surface area contributed by atoms with Crippen molar-refractivity contribution in [1.29, 1.82) is 0 Å². The zero-order valence-electron chi connectivity index (χ0n) is 11.0. The van der Waals surface area contributed by atoms with Crippen molar-refractivity contribution in [3.8, 4) is 5.75 Å². The maximum atomic E-state index is 10.7. The summed E-state index contributed by atoms with van der Waals surface area (Å²) in [5.41, 5.74) is 7.46. The lowest BCUT2D eigenvalue weighted by molar-refractivity contribution is -0.384. The highest BCUT2D eigenvalue weighted by atomic mass is 16.6. The fourth-order valence-corrected chi connectivity index (χ4v) is 1.90. The Bertz CT molecular complexity index is 585. The minimum absolute atomic E-state index is 0.0286. The predicted molar refractivity (Wildman–Crippen MR) is 76.6 cm³/mol. The van der Waals surface area contributed by atoms with E-state index in [9.17, 15) is 10.1 Å². The van der Waals surface area contributed by atoms with Crippen LogP contribution < -0.4 is 10.5 Å². The molecular weight excluding hydrogens is 256 g/mol. The molecule has 5 nitrogen and oxygen atoms in total. The number of ether oxygens (including phenoxy) is 1. The standard InChI is InChI=1S/C15H16N2O3/c16-11-13-10-14(17(18)19)6-7-15(13)20-9-8-12-4-2-1-3-5-12/h1-7,10H,8-9,11,16H2. The molecule has 0 aliphatic heterocycles. The van der Waals surface area contributed by atoms with Crippen molar-refractivity contribution in [3.63, 3.8) is 0 Å². The lowest BCUT2D eigenvalue weighted by Crippen LogP contribution is -2.06. The number of hydrogen-bond acceptors (Lipinski definition) is 4. The van der Waals surface area contributed by atoms with E-state index in [1.807, 2.05) is 30.3 Å². The van der Waals surface area contributed by atoms with E-state index in [1.165, 1.54) is 17.7 Å². The number of benzene rings is 2. The lowest BCUT2D eigenvalue weighted by Gasteiger charge is -2.10. The minimum Gasteiger partial charge on any atom is -0.493 e. The molecule has 20 heavy (non-hydrogen) atoms. The average Bonchev–Trinajstić information content (AvgIpc) is 2.48. The van der Waals surface area contributed by atoms with Crippen LogP contribution in [0.5, 0.6) is 5.75 Å². The summed E-state index contributed by atoms with van der Waals surface area (Å²) in [6, 6.07) is 14.5. The Hall–Kier alpha value is -2.40. The normalized spacial score (nSPS) is 10.2. The summed E-state index contributed by atoms with van der Waals surface area (Å²) >= 11 is 0. The first-order valence-electron chi connectivity index (χ1n) is 6.35. The van der Waals surface area contributed by atoms with Crippen LogP contribution in [0, 0.1) is 10.1 Å². The molecule has 0 heterocycles. The Morgan fingerprint density at radius 3 is 2.55 bits per heavy atom. The molecule has 0 aromatic heterocycles. The molecule has 104 valence electrons. The number of nitro groups is 1. The van der Waals surface area contributed by atoms with Gasteiger partial charge in [0.05, 0.1) is 11.5 Å². The molecule has 0 spiro atoms. The highest BCUT2D eigenvalue weighted by Crippen LogP contribution is 2.24. The molecule has 2 aromatic carbocycles. The molecule has 5 heteroatoms. The van der Waals surface area contributed by atoms with E-state index in [0.29, 0.717) is 17.9 Å². The molecule has 0 saturated heterocycles. The van der Waals surface area contributed by atoms with E-state index >= 15 is 0 Å². The molecule has 0 radical (unpaired) electrons. The number of non-ortho nitro benzene ring substituents is 1. The number of rotatable bonds is 6. The Morgan fingerprint density at radius 2 is 1.90 bits per heavy atom. The van der Waals surface area contributed by atoms with E-state index in [-0.39, 0.29) is 12.2 Å². The van der Waals surface area contributed by atoms with Crippen molar-refractivity contribution < 1.29 is 9.66 Å². The number of nitro benzene ring substituents is 1. The summed E-state index contributed by atoms with van der Waals surface area (Å²) in [5.74, 6) is 0.606. The number of hydrogen-bond donors (Lipinski definition) is 1. The summed E-state index contributed by atoms with van der Waals surface area (Å²) in [6.45, 7) is 0.719. The Kier molecular flexibility index (Phi) is 4.68. The summed E-state index contributed by atoms with van der Waals surface area (Å²) in [5, 5.41) is 10.7. The van der Waals surface area contributed by atoms with Crippen LogP contribution in [0.4, 0.5) is 5.69 Å². The van der Waals surface area contributed by atoms with Gasteiger partial charge in [-0.25, -0.2) is 0 Å². The van der Waals surface area contributed by atoms with Gasteiger partial charge in [-0.05, 0) is 11.6 Å². The van der Waals surface area contributed by atoms with E-state index in [1.54, 1.807) is 6.07 Å². The summed E-state index contributed by atoms with van der Waals surface area (Å²) in [4.78, 5) is 10.3. The maximum Gasteiger partial charge on any atom is 0.270 e. The van der Waals surface area contributed by atoms with E-state index < -0.39 is 4.92 Å². The van der Waals surface area contributed by atoms with Gasteiger partial charge in [-0.1, -0.05) is 30.3 Å². The topological polar surface area (TPSA) is 78.4 Å². The average molecular weight is 272 g/mol. The summed E-state index contributed by atoms with van der Waals surface area (Å²) < 4.78 is 5.66. The predicted octanol–water partition coefficient (Wildman–Crippen LogP) is 2.68. The second kappa shape index (κ2) is 6.68. The van der Waals surface area contributed by atoms with Gasteiger partial charge in [-0.2, -0.15) is 0 Å². The van der Waals surface area contributed by atoms with Gasteiger partial charge in [-0.3, -0.25) is 10.1 Å². The van der Waals surface area contributed by atoms with Gasteiger partial charge in [-0.15, -0.1) is 0 Å². The molecule has 2 rings (SSSR count). The molecule has 0 fully saturated rings. The fourth-order valence-electron chi connectivity index (χ4n) is 1.90. The van der Waals surface area contributed by atoms with E-state index in [2.05, 4.69) is 0 Å². The first-order valence-corrected chi connectivity index (χ1v) is 6.35. The van der Waals surface area contributed by atoms with Gasteiger partial charge >= 0.3 is 0 Å². The lowest BCUT2D eigenvalue weighted by atomic mass is 10.1. The molecule has 0 saturated carbocycles. The Labute approximate surface area is 117 Å². The molecule has 0 atom stereocenters. The van der Waals surface area contributed by atoms with Crippen molar-refractivity contribution in [2.45, 2.75) is 13.0 Å². The Morgan fingerprint density at radius 1 is 1.15 bits per heavy atom. The Balaban J connectivity index is 2.00. The SMILES string of the molecule is NCc1cc([N+](=O)[O-])ccc1OCCc1ccccc1. The number of nitrogens with two attached hydrogens (primary N) is 1. The molecule has 0 bridgehead atoms. The second-order valence-electron chi connectivity index (χ2n) is 4.34. The highest BCUT2D eigenvalue weighted by molar-refractivity contribution is 5.43. The van der Waals surface area contributed by atoms with E-state index in [4.69, 9.17) is 10.5 Å². The largest absolute Gasteiger partial charge is 0.493 e. The fraction of sp³-hybridized carbons (Fsp3) is 0.200. The van der Waals surface area contributed by atoms with Crippen molar-refractivity contribution in [3.05, 3.63) is 69.8 Å². The van der Waals surface area contributed by atoms with Crippen LogP contribution in [0.25, 0.3) is 0 Å². The van der Waals surface area contributed by atoms with Crippen molar-refractivity contribution in [2.75, 3.05) is 6.61 Å². The molecule has 0 aliphatic carbocycles. The van der Waals surface area contributed by atoms with Crippen LogP contribution in [-0.2, 0) is 13.0 Å². The molecule has 0 aliphatic rings. The zero-order chi connectivity index (χ0) is 14.4. The third-order valence-corrected chi connectivity index (χ3v) is 2.97.